The highest BCUT2D eigenvalue weighted by atomic mass is 16.4. The van der Waals surface area contributed by atoms with Gasteiger partial charge in [-0.25, -0.2) is 14.6 Å². The summed E-state index contributed by atoms with van der Waals surface area (Å²) in [6.07, 6.45) is 1.27. The summed E-state index contributed by atoms with van der Waals surface area (Å²) in [7, 11) is 0. The van der Waals surface area contributed by atoms with Gasteiger partial charge in [0.15, 0.2) is 18.4 Å². The zero-order valence-corrected chi connectivity index (χ0v) is 17.2. The fourth-order valence-electron chi connectivity index (χ4n) is 3.68. The number of amidine groups is 1. The van der Waals surface area contributed by atoms with Crippen molar-refractivity contribution < 1.29 is 41.5 Å². The van der Waals surface area contributed by atoms with E-state index in [-0.39, 0.29) is 18.9 Å². The smallest absolute Gasteiger partial charge is 0.362 e. The first-order valence-electron chi connectivity index (χ1n) is 10.5. The van der Waals surface area contributed by atoms with E-state index in [1.54, 1.807) is 0 Å². The summed E-state index contributed by atoms with van der Waals surface area (Å²) in [5.41, 5.74) is 7.21. The Labute approximate surface area is 175 Å². The largest absolute Gasteiger partial charge is 0.477 e. The third kappa shape index (κ3) is 7.15. The lowest BCUT2D eigenvalue weighted by Gasteiger charge is -2.26. The van der Waals surface area contributed by atoms with Gasteiger partial charge in [-0.2, -0.15) is 0 Å². The molecule has 1 saturated heterocycles. The molecule has 6 atom stereocenters. The van der Waals surface area contributed by atoms with Crippen LogP contribution in [0.2, 0.25) is 0 Å². The second kappa shape index (κ2) is 11.5. The summed E-state index contributed by atoms with van der Waals surface area (Å²) in [5.74, 6) is -1.04. The fraction of sp³-hybridized carbons (Fsp3) is 0.833. The van der Waals surface area contributed by atoms with Crippen LogP contribution in [0.5, 0.6) is 0 Å². The Hall–Kier alpha value is -1.83. The molecule has 2 heterocycles. The number of nitrogens with zero attached hydrogens (tertiary/aromatic N) is 2. The Morgan fingerprint density at radius 2 is 1.73 bits per heavy atom. The monoisotopic (exact) mass is 432 g/mol. The van der Waals surface area contributed by atoms with Gasteiger partial charge in [-0.1, -0.05) is 0 Å². The number of carboxylic acids is 2. The quantitative estimate of drug-likeness (QED) is 0.141. The number of hydrogen-bond acceptors (Lipinski definition) is 8. The van der Waals surface area contributed by atoms with E-state index < -0.39 is 36.2 Å². The van der Waals surface area contributed by atoms with Gasteiger partial charge in [0, 0.05) is 25.9 Å². The number of unbranched alkanes of at least 4 members (excludes halogenated alkanes) is 1. The molecule has 2 rings (SSSR count). The maximum absolute atomic E-state index is 10.9. The number of aliphatic carboxylic acids is 2. The Kier molecular flexibility index (Phi) is 9.39. The molecule has 172 valence electrons. The first kappa shape index (κ1) is 24.4. The number of β-amino-alcohol motifs (C(OH)–C–C–N with tert-alkyl or cyclic N) is 1. The molecule has 12 N–H and O–H groups in total. The fourth-order valence-corrected chi connectivity index (χ4v) is 3.68. The van der Waals surface area contributed by atoms with Crippen molar-refractivity contribution >= 4 is 17.8 Å². The Bertz CT molecular complexity index is 620. The van der Waals surface area contributed by atoms with Crippen molar-refractivity contribution in [2.24, 2.45) is 4.99 Å². The van der Waals surface area contributed by atoms with Crippen molar-refractivity contribution in [1.82, 2.24) is 15.5 Å². The van der Waals surface area contributed by atoms with Gasteiger partial charge >= 0.3 is 11.9 Å². The minimum Gasteiger partial charge on any atom is -0.477 e. The van der Waals surface area contributed by atoms with Gasteiger partial charge in [0.25, 0.3) is 0 Å². The van der Waals surface area contributed by atoms with Crippen LogP contribution < -0.4 is 22.1 Å². The molecular weight excluding hydrogens is 396 g/mol. The molecule has 12 nitrogen and oxygen atoms in total. The van der Waals surface area contributed by atoms with Crippen LogP contribution >= 0.6 is 0 Å². The number of carbonyl (C=O) groups is 2. The van der Waals surface area contributed by atoms with Crippen LogP contribution in [0, 0.1) is 0 Å². The van der Waals surface area contributed by atoms with Crippen molar-refractivity contribution in [2.45, 2.75) is 75.1 Å². The number of fused-ring (bicyclic) bond motifs is 1. The van der Waals surface area contributed by atoms with Crippen LogP contribution in [0.25, 0.3) is 0 Å². The minimum atomic E-state index is -0.909. The van der Waals surface area contributed by atoms with Gasteiger partial charge in [-0.15, -0.1) is 0 Å². The van der Waals surface area contributed by atoms with E-state index in [9.17, 15) is 19.8 Å². The van der Waals surface area contributed by atoms with Gasteiger partial charge in [0.05, 0.1) is 18.2 Å². The van der Waals surface area contributed by atoms with Crippen LogP contribution in [-0.2, 0) is 9.59 Å². The van der Waals surface area contributed by atoms with Crippen LogP contribution in [-0.4, -0.2) is 99.4 Å². The number of rotatable bonds is 12. The molecule has 2 aliphatic rings. The lowest BCUT2D eigenvalue weighted by molar-refractivity contribution is -0.409. The number of hydrogen-bond donors (Lipinski definition) is 8. The van der Waals surface area contributed by atoms with Crippen molar-refractivity contribution in [1.29, 1.82) is 0 Å². The highest BCUT2D eigenvalue weighted by Crippen LogP contribution is 2.20. The summed E-state index contributed by atoms with van der Waals surface area (Å²) >= 11 is 0. The first-order valence-corrected chi connectivity index (χ1v) is 10.5. The number of aliphatic hydroxyl groups is 2. The highest BCUT2D eigenvalue weighted by Gasteiger charge is 2.38. The number of quaternary nitrogens is 2. The van der Waals surface area contributed by atoms with E-state index >= 15 is 0 Å². The third-order valence-corrected chi connectivity index (χ3v) is 5.58. The van der Waals surface area contributed by atoms with Crippen LogP contribution in [0.4, 0.5) is 0 Å². The molecule has 2 aliphatic heterocycles. The molecule has 0 saturated carbocycles. The summed E-state index contributed by atoms with van der Waals surface area (Å²) in [6.45, 7) is 1.44. The first-order chi connectivity index (χ1) is 14.2. The molecule has 0 aromatic carbocycles. The Morgan fingerprint density at radius 3 is 2.37 bits per heavy atom. The molecule has 0 amide bonds. The van der Waals surface area contributed by atoms with Crippen LogP contribution in [0.3, 0.4) is 0 Å². The predicted octanol–water partition coefficient (Wildman–Crippen LogP) is -4.00. The number of likely N-dealkylation sites (tertiary alicyclic amines) is 1. The maximum atomic E-state index is 10.9. The standard InChI is InChI=1S/C18H34N6O6/c19-10(16(27)28)4-1-2-7-24-9-14(26)13(25)8-12-15(24)23-18(22-12)21-6-3-5-11(20)17(29)30/h10-14,18,21-22,25-26H,1-9,19-20H2,(H,27,28)(H,29,30)/p+2/t10-,11-,12?,13-,14+,18?/m0/s1. The summed E-state index contributed by atoms with van der Waals surface area (Å²) in [6, 6.07) is -1.46. The number of carboxylic acid groups (broad SMARTS) is 2. The van der Waals surface area contributed by atoms with Gasteiger partial charge in [0.2, 0.25) is 0 Å². The molecular formula is C18H36N6O6+2. The van der Waals surface area contributed by atoms with Crippen molar-refractivity contribution in [3.8, 4) is 0 Å². The number of aliphatic imine (C=N–C) groups is 1. The second-order valence-corrected chi connectivity index (χ2v) is 8.09. The number of aliphatic hydroxyl groups excluding tert-OH is 2. The molecule has 0 spiro atoms. The average Bonchev–Trinajstić information content (AvgIpc) is 3.04. The molecule has 0 radical (unpaired) electrons. The lowest BCUT2D eigenvalue weighted by atomic mass is 10.1. The molecule has 1 fully saturated rings. The van der Waals surface area contributed by atoms with Gasteiger partial charge in [-0.3, -0.25) is 10.6 Å². The van der Waals surface area contributed by atoms with Crippen LogP contribution in [0.1, 0.15) is 38.5 Å². The van der Waals surface area contributed by atoms with E-state index in [1.807, 2.05) is 4.90 Å². The molecule has 30 heavy (non-hydrogen) atoms. The summed E-state index contributed by atoms with van der Waals surface area (Å²) < 4.78 is 0. The SMILES string of the molecule is [NH3+][C@@H](CCCCN1C[C@@H](O)[C@@H](O)CC2NC(NCCC[C@H]([NH3+])C(=O)O)N=C21)C(=O)O. The van der Waals surface area contributed by atoms with E-state index in [2.05, 4.69) is 27.1 Å². The molecule has 2 unspecified atom stereocenters. The molecule has 0 aromatic heterocycles. The van der Waals surface area contributed by atoms with Crippen molar-refractivity contribution in [3.05, 3.63) is 0 Å². The predicted molar refractivity (Wildman–Crippen MR) is 106 cm³/mol. The molecule has 0 bridgehead atoms. The third-order valence-electron chi connectivity index (χ3n) is 5.58. The molecule has 0 aromatic rings. The normalized spacial score (nSPS) is 28.4. The zero-order valence-electron chi connectivity index (χ0n) is 17.2. The average molecular weight is 433 g/mol. The summed E-state index contributed by atoms with van der Waals surface area (Å²) in [5, 5.41) is 44.8. The molecule has 0 aliphatic carbocycles. The van der Waals surface area contributed by atoms with Crippen molar-refractivity contribution in [2.75, 3.05) is 19.6 Å². The van der Waals surface area contributed by atoms with Crippen LogP contribution in [0.15, 0.2) is 4.99 Å². The van der Waals surface area contributed by atoms with E-state index in [1.165, 1.54) is 0 Å². The van der Waals surface area contributed by atoms with Gasteiger partial charge in [-0.05, 0) is 32.2 Å². The van der Waals surface area contributed by atoms with E-state index in [0.717, 1.165) is 12.3 Å². The maximum Gasteiger partial charge on any atom is 0.362 e. The molecule has 12 heteroatoms. The topological polar surface area (TPSA) is 210 Å². The minimum absolute atomic E-state index is 0.200. The number of nitrogens with one attached hydrogen (secondary N) is 2. The second-order valence-electron chi connectivity index (χ2n) is 8.09. The van der Waals surface area contributed by atoms with Gasteiger partial charge < -0.3 is 36.8 Å². The van der Waals surface area contributed by atoms with Gasteiger partial charge in [0.1, 0.15) is 5.84 Å². The summed E-state index contributed by atoms with van der Waals surface area (Å²) in [4.78, 5) is 28.3. The zero-order chi connectivity index (χ0) is 22.3. The van der Waals surface area contributed by atoms with E-state index in [4.69, 9.17) is 10.2 Å². The Morgan fingerprint density at radius 1 is 1.10 bits per heavy atom. The van der Waals surface area contributed by atoms with Crippen molar-refractivity contribution in [3.63, 3.8) is 0 Å². The Balaban J connectivity index is 1.88. The lowest BCUT2D eigenvalue weighted by Crippen LogP contribution is -2.65. The van der Waals surface area contributed by atoms with E-state index in [0.29, 0.717) is 45.2 Å². The highest BCUT2D eigenvalue weighted by molar-refractivity contribution is 5.89.